The Hall–Kier alpha value is -2.36. The summed E-state index contributed by atoms with van der Waals surface area (Å²) < 4.78 is 77.0. The van der Waals surface area contributed by atoms with Crippen LogP contribution in [0.3, 0.4) is 0 Å². The summed E-state index contributed by atoms with van der Waals surface area (Å²) in [6.07, 6.45) is 8.35. The minimum Gasteiger partial charge on any atom is -0.744 e. The zero-order valence-corrected chi connectivity index (χ0v) is 31.4. The van der Waals surface area contributed by atoms with Crippen LogP contribution in [0.1, 0.15) is 70.9 Å². The van der Waals surface area contributed by atoms with Crippen LogP contribution in [0.15, 0.2) is 70.1 Å². The number of carboxylic acid groups (broad SMARTS) is 1. The van der Waals surface area contributed by atoms with Crippen LogP contribution in [0.5, 0.6) is 0 Å². The summed E-state index contributed by atoms with van der Waals surface area (Å²) >= 11 is 0. The fourth-order valence-corrected chi connectivity index (χ4v) is 7.61. The van der Waals surface area contributed by atoms with Crippen LogP contribution in [0.4, 0.5) is 11.4 Å². The molecule has 4 rings (SSSR count). The number of anilines is 1. The molecule has 0 saturated carbocycles. The van der Waals surface area contributed by atoms with Crippen LogP contribution < -0.4 is 34.5 Å². The number of hydrogen-bond donors (Lipinski definition) is 2. The molecule has 47 heavy (non-hydrogen) atoms. The van der Waals surface area contributed by atoms with E-state index in [0.29, 0.717) is 50.9 Å². The zero-order chi connectivity index (χ0) is 34.1. The number of benzene rings is 2. The molecule has 0 spiro atoms. The van der Waals surface area contributed by atoms with Crippen LogP contribution in [-0.4, -0.2) is 74.1 Å². The van der Waals surface area contributed by atoms with Crippen molar-refractivity contribution < 1.29 is 74.7 Å². The SMILES string of the molecule is CC[N+]1=C(/C=C/C=C2/N(CCCCCC(=O)O)c3ccc(S(=O)(=O)[O-])cc3C2(C)CCOC)C(C)(C)c2cc(S(=O)(=O)O)ccc21.[Na+]. The van der Waals surface area contributed by atoms with Gasteiger partial charge in [-0.15, -0.1) is 0 Å². The first-order chi connectivity index (χ1) is 21.5. The van der Waals surface area contributed by atoms with Gasteiger partial charge in [0, 0.05) is 61.2 Å². The van der Waals surface area contributed by atoms with Gasteiger partial charge in [0.25, 0.3) is 10.1 Å². The summed E-state index contributed by atoms with van der Waals surface area (Å²) in [5, 5.41) is 9.05. The molecule has 0 amide bonds. The topological polar surface area (TPSA) is 164 Å². The summed E-state index contributed by atoms with van der Waals surface area (Å²) in [5.41, 5.74) is 3.57. The number of ether oxygens (including phenoxy) is 1. The first-order valence-corrected chi connectivity index (χ1v) is 18.1. The van der Waals surface area contributed by atoms with Crippen LogP contribution in [0.2, 0.25) is 0 Å². The number of methoxy groups -OCH3 is 1. The van der Waals surface area contributed by atoms with E-state index < -0.39 is 37.0 Å². The van der Waals surface area contributed by atoms with E-state index in [1.54, 1.807) is 19.2 Å². The van der Waals surface area contributed by atoms with Gasteiger partial charge in [-0.3, -0.25) is 9.35 Å². The van der Waals surface area contributed by atoms with E-state index in [9.17, 15) is 30.7 Å². The minimum atomic E-state index is -4.70. The molecule has 2 aromatic carbocycles. The molecule has 2 aliphatic heterocycles. The van der Waals surface area contributed by atoms with Crippen LogP contribution in [0, 0.1) is 0 Å². The Morgan fingerprint density at radius 2 is 1.68 bits per heavy atom. The normalized spacial score (nSPS) is 19.7. The molecule has 2 aliphatic rings. The molecule has 0 saturated heterocycles. The Kier molecular flexibility index (Phi) is 12.5. The number of aliphatic carboxylic acids is 1. The van der Waals surface area contributed by atoms with Crippen molar-refractivity contribution in [2.45, 2.75) is 80.4 Å². The summed E-state index contributed by atoms with van der Waals surface area (Å²) in [4.78, 5) is 12.7. The molecule has 0 aliphatic carbocycles. The second-order valence-electron chi connectivity index (χ2n) is 12.4. The van der Waals surface area contributed by atoms with E-state index in [0.717, 1.165) is 28.3 Å². The molecule has 0 fully saturated rings. The number of unbranched alkanes of at least 4 members (excludes halogenated alkanes) is 2. The number of nitrogens with zero attached hydrogens (tertiary/aromatic N) is 2. The van der Waals surface area contributed by atoms with Gasteiger partial charge in [-0.1, -0.05) is 12.5 Å². The Bertz CT molecular complexity index is 1830. The van der Waals surface area contributed by atoms with Crippen LogP contribution in [-0.2, 0) is 40.6 Å². The van der Waals surface area contributed by atoms with Crippen molar-refractivity contribution in [3.05, 3.63) is 71.5 Å². The molecule has 250 valence electrons. The number of allylic oxidation sites excluding steroid dienone is 4. The molecule has 1 atom stereocenters. The molecule has 0 radical (unpaired) electrons. The maximum Gasteiger partial charge on any atom is 1.00 e. The van der Waals surface area contributed by atoms with E-state index in [1.165, 1.54) is 24.3 Å². The van der Waals surface area contributed by atoms with Gasteiger partial charge in [0.05, 0.1) is 15.2 Å². The molecular weight excluding hydrogens is 655 g/mol. The fourth-order valence-electron chi connectivity index (χ4n) is 6.61. The first kappa shape index (κ1) is 39.1. The van der Waals surface area contributed by atoms with Gasteiger partial charge < -0.3 is 19.3 Å². The van der Waals surface area contributed by atoms with Gasteiger partial charge in [-0.25, -0.2) is 8.42 Å². The maximum atomic E-state index is 12.0. The maximum absolute atomic E-state index is 12.0. The van der Waals surface area contributed by atoms with Crippen molar-refractivity contribution in [2.24, 2.45) is 0 Å². The van der Waals surface area contributed by atoms with Crippen molar-refractivity contribution in [2.75, 3.05) is 31.7 Å². The van der Waals surface area contributed by atoms with Gasteiger partial charge in [-0.05, 0) is 88.9 Å². The van der Waals surface area contributed by atoms with Gasteiger partial charge in [0.2, 0.25) is 5.69 Å². The van der Waals surface area contributed by atoms with Gasteiger partial charge >= 0.3 is 35.5 Å². The molecule has 1 unspecified atom stereocenters. The monoisotopic (exact) mass is 697 g/mol. The van der Waals surface area contributed by atoms with Crippen molar-refractivity contribution in [1.29, 1.82) is 0 Å². The third-order valence-electron chi connectivity index (χ3n) is 9.06. The third-order valence-corrected chi connectivity index (χ3v) is 10.7. The number of rotatable bonds is 14. The Balaban J connectivity index is 0.00000600. The van der Waals surface area contributed by atoms with E-state index in [1.807, 2.05) is 45.9 Å². The Labute approximate surface area is 299 Å². The largest absolute Gasteiger partial charge is 1.00 e. The standard InChI is InChI=1S/C33H42N2O9S2.Na/c1-6-34-27-16-14-23(45(38,39)40)21-25(27)32(2,3)29(34)11-10-12-30-33(4,18-20-44-5)26-22-24(46(41,42)43)15-17-28(26)35(30)19-9-7-8-13-31(36)37;/h10-12,14-17,21-22H,6-9,13,18-20H2,1-5H3,(H2-,36,37,38,39,40,41,42,43);/q;+1. The van der Waals surface area contributed by atoms with E-state index in [-0.39, 0.29) is 45.8 Å². The second-order valence-corrected chi connectivity index (χ2v) is 15.2. The van der Waals surface area contributed by atoms with Crippen molar-refractivity contribution in [1.82, 2.24) is 0 Å². The summed E-state index contributed by atoms with van der Waals surface area (Å²) in [5.74, 6) is -0.847. The van der Waals surface area contributed by atoms with Crippen molar-refractivity contribution in [3.63, 3.8) is 0 Å². The predicted octanol–water partition coefficient (Wildman–Crippen LogP) is 2.14. The number of hydrogen-bond acceptors (Lipinski definition) is 8. The molecule has 0 aromatic heterocycles. The third kappa shape index (κ3) is 8.10. The Morgan fingerprint density at radius 3 is 2.28 bits per heavy atom. The smallest absolute Gasteiger partial charge is 0.744 e. The summed E-state index contributed by atoms with van der Waals surface area (Å²) in [7, 11) is -7.50. The van der Waals surface area contributed by atoms with Crippen LogP contribution in [0.25, 0.3) is 0 Å². The average molecular weight is 698 g/mol. The van der Waals surface area contributed by atoms with E-state index >= 15 is 0 Å². The molecule has 2 aromatic rings. The van der Waals surface area contributed by atoms with Crippen molar-refractivity contribution in [3.8, 4) is 0 Å². The Morgan fingerprint density at radius 1 is 1.02 bits per heavy atom. The summed E-state index contributed by atoms with van der Waals surface area (Å²) in [6.45, 7) is 9.51. The quantitative estimate of drug-likeness (QED) is 0.129. The van der Waals surface area contributed by atoms with Crippen LogP contribution >= 0.6 is 0 Å². The molecule has 14 heteroatoms. The molecule has 2 N–H and O–H groups in total. The molecule has 0 bridgehead atoms. The number of carboxylic acids is 1. The summed E-state index contributed by atoms with van der Waals surface area (Å²) in [6, 6.07) is 9.03. The first-order valence-electron chi connectivity index (χ1n) is 15.2. The van der Waals surface area contributed by atoms with Gasteiger partial charge in [-0.2, -0.15) is 13.0 Å². The number of fused-ring (bicyclic) bond motifs is 2. The second kappa shape index (κ2) is 15.0. The molecule has 11 nitrogen and oxygen atoms in total. The van der Waals surface area contributed by atoms with Gasteiger partial charge in [0.15, 0.2) is 5.71 Å². The van der Waals surface area contributed by atoms with E-state index in [2.05, 4.69) is 9.48 Å². The van der Waals surface area contributed by atoms with Crippen molar-refractivity contribution >= 4 is 43.3 Å². The van der Waals surface area contributed by atoms with Gasteiger partial charge in [0.1, 0.15) is 16.7 Å². The average Bonchev–Trinajstić information content (AvgIpc) is 3.34. The molecular formula is C33H42N2NaO9S2+. The fraction of sp³-hybridized carbons (Fsp3) is 0.455. The predicted molar refractivity (Wildman–Crippen MR) is 174 cm³/mol. The zero-order valence-electron chi connectivity index (χ0n) is 27.8. The molecule has 2 heterocycles. The van der Waals surface area contributed by atoms with E-state index in [4.69, 9.17) is 9.84 Å². The number of carbonyl (C=O) groups is 1. The minimum absolute atomic E-state index is 0.